The molecule has 1 aliphatic rings. The topological polar surface area (TPSA) is 216 Å². The van der Waals surface area contributed by atoms with Crippen LogP contribution in [0.15, 0.2) is 52.9 Å². The van der Waals surface area contributed by atoms with Crippen molar-refractivity contribution in [1.82, 2.24) is 9.97 Å². The van der Waals surface area contributed by atoms with Crippen LogP contribution in [0, 0.1) is 5.82 Å². The van der Waals surface area contributed by atoms with Crippen LogP contribution < -0.4 is 16.4 Å². The highest BCUT2D eigenvalue weighted by Gasteiger charge is 2.25. The SMILES string of the molecule is CON=C1CN(c2ncc(-c3cccc(COC(=O)N=C(N)N)c3F)cn2)C1.O=C(O)/C=C\C(=O)O. The van der Waals surface area contributed by atoms with Crippen molar-refractivity contribution < 1.29 is 38.6 Å². The molecule has 15 heteroatoms. The van der Waals surface area contributed by atoms with E-state index >= 15 is 0 Å². The second kappa shape index (κ2) is 13.0. The van der Waals surface area contributed by atoms with Crippen molar-refractivity contribution >= 4 is 35.7 Å². The smallest absolute Gasteiger partial charge is 0.437 e. The first-order chi connectivity index (χ1) is 17.1. The fourth-order valence-corrected chi connectivity index (χ4v) is 2.68. The van der Waals surface area contributed by atoms with Gasteiger partial charge in [-0.3, -0.25) is 0 Å². The number of carbonyl (C=O) groups is 3. The Morgan fingerprint density at radius 3 is 2.28 bits per heavy atom. The van der Waals surface area contributed by atoms with E-state index in [1.807, 2.05) is 4.90 Å². The maximum absolute atomic E-state index is 14.8. The lowest BCUT2D eigenvalue weighted by Gasteiger charge is -2.31. The van der Waals surface area contributed by atoms with Crippen LogP contribution in [0.25, 0.3) is 11.1 Å². The number of nitrogens with zero attached hydrogens (tertiary/aromatic N) is 5. The van der Waals surface area contributed by atoms with Crippen molar-refractivity contribution in [1.29, 1.82) is 0 Å². The lowest BCUT2D eigenvalue weighted by molar-refractivity contribution is -0.134. The molecule has 3 rings (SSSR count). The number of hydrogen-bond donors (Lipinski definition) is 4. The molecule has 190 valence electrons. The van der Waals surface area contributed by atoms with Crippen LogP contribution in [0.4, 0.5) is 15.1 Å². The van der Waals surface area contributed by atoms with Gasteiger partial charge in [0, 0.05) is 41.2 Å². The molecule has 0 unspecified atom stereocenters. The Morgan fingerprint density at radius 2 is 1.75 bits per heavy atom. The largest absolute Gasteiger partial charge is 0.478 e. The second-order valence-corrected chi connectivity index (χ2v) is 6.85. The number of hydrogen-bond acceptors (Lipinski definition) is 9. The van der Waals surface area contributed by atoms with Gasteiger partial charge in [0.15, 0.2) is 5.96 Å². The maximum Gasteiger partial charge on any atom is 0.437 e. The van der Waals surface area contributed by atoms with Crippen LogP contribution in [0.3, 0.4) is 0 Å². The van der Waals surface area contributed by atoms with Gasteiger partial charge in [0.05, 0.1) is 18.8 Å². The van der Waals surface area contributed by atoms with E-state index in [2.05, 4.69) is 20.1 Å². The number of carboxylic acid groups (broad SMARTS) is 2. The Morgan fingerprint density at radius 1 is 1.14 bits per heavy atom. The fraction of sp³-hybridized carbons (Fsp3) is 0.190. The van der Waals surface area contributed by atoms with E-state index in [1.165, 1.54) is 25.6 Å². The third-order valence-corrected chi connectivity index (χ3v) is 4.22. The Labute approximate surface area is 203 Å². The summed E-state index contributed by atoms with van der Waals surface area (Å²) in [6, 6.07) is 4.72. The Hall–Kier alpha value is -5.08. The predicted octanol–water partition coefficient (Wildman–Crippen LogP) is 0.727. The standard InChI is InChI=1S/C17H18FN7O3.C4H4O4/c1-27-24-12-7-25(8-12)16-21-5-11(6-22-16)13-4-2-3-10(14(13)18)9-28-17(26)23-15(19)20;5-3(6)1-2-4(7)8/h2-6H,7-9H2,1H3,(H4,19,20,23,26);1-2H,(H,5,6)(H,7,8)/b;2-1-. The molecule has 0 saturated carbocycles. The fourth-order valence-electron chi connectivity index (χ4n) is 2.68. The zero-order valence-electron chi connectivity index (χ0n) is 18.9. The second-order valence-electron chi connectivity index (χ2n) is 6.85. The van der Waals surface area contributed by atoms with Gasteiger partial charge in [-0.05, 0) is 0 Å². The monoisotopic (exact) mass is 503 g/mol. The molecular formula is C21H22FN7O7. The number of anilines is 1. The van der Waals surface area contributed by atoms with Gasteiger partial charge in [-0.2, -0.15) is 0 Å². The highest BCUT2D eigenvalue weighted by molar-refractivity contribution is 5.98. The zero-order valence-corrected chi connectivity index (χ0v) is 18.9. The number of carboxylic acids is 2. The summed E-state index contributed by atoms with van der Waals surface area (Å²) in [6.45, 7) is 0.847. The number of ether oxygens (including phenoxy) is 1. The summed E-state index contributed by atoms with van der Waals surface area (Å²) in [7, 11) is 1.49. The first-order valence-electron chi connectivity index (χ1n) is 9.94. The average molecular weight is 503 g/mol. The molecule has 36 heavy (non-hydrogen) atoms. The van der Waals surface area contributed by atoms with Gasteiger partial charge < -0.3 is 36.2 Å². The molecule has 0 atom stereocenters. The number of aliphatic imine (C=N–C) groups is 1. The number of nitrogens with two attached hydrogens (primary N) is 2. The van der Waals surface area contributed by atoms with Gasteiger partial charge in [-0.25, -0.2) is 28.7 Å². The number of amides is 1. The van der Waals surface area contributed by atoms with Crippen LogP contribution in [0.1, 0.15) is 5.56 Å². The number of halogens is 1. The summed E-state index contributed by atoms with van der Waals surface area (Å²) in [5, 5.41) is 19.5. The summed E-state index contributed by atoms with van der Waals surface area (Å²) in [5.41, 5.74) is 12.0. The number of guanidine groups is 1. The highest BCUT2D eigenvalue weighted by Crippen LogP contribution is 2.26. The van der Waals surface area contributed by atoms with E-state index in [1.54, 1.807) is 12.1 Å². The van der Waals surface area contributed by atoms with Crippen molar-refractivity contribution in [2.75, 3.05) is 25.1 Å². The van der Waals surface area contributed by atoms with Gasteiger partial charge in [0.1, 0.15) is 19.5 Å². The highest BCUT2D eigenvalue weighted by atomic mass is 19.1. The number of oxime groups is 1. The van der Waals surface area contributed by atoms with Crippen molar-refractivity contribution in [3.63, 3.8) is 0 Å². The number of benzene rings is 1. The molecular weight excluding hydrogens is 481 g/mol. The summed E-state index contributed by atoms with van der Waals surface area (Å²) < 4.78 is 19.6. The van der Waals surface area contributed by atoms with Crippen molar-refractivity contribution in [3.05, 3.63) is 54.1 Å². The summed E-state index contributed by atoms with van der Waals surface area (Å²) in [5.74, 6) is -2.98. The molecule has 0 aliphatic carbocycles. The molecule has 2 aromatic rings. The molecule has 14 nitrogen and oxygen atoms in total. The minimum atomic E-state index is -1.26. The number of aliphatic carboxylic acids is 2. The maximum atomic E-state index is 14.8. The first-order valence-corrected chi connectivity index (χ1v) is 9.94. The molecule has 0 spiro atoms. The third-order valence-electron chi connectivity index (χ3n) is 4.22. The quantitative estimate of drug-likeness (QED) is 0.178. The zero-order chi connectivity index (χ0) is 26.7. The molecule has 2 heterocycles. The van der Waals surface area contributed by atoms with Gasteiger partial charge in [0.2, 0.25) is 5.95 Å². The first kappa shape index (κ1) is 27.2. The molecule has 1 fully saturated rings. The van der Waals surface area contributed by atoms with Gasteiger partial charge in [0.25, 0.3) is 0 Å². The summed E-state index contributed by atoms with van der Waals surface area (Å²) in [4.78, 5) is 48.8. The average Bonchev–Trinajstić information content (AvgIpc) is 2.79. The lowest BCUT2D eigenvalue weighted by Crippen LogP contribution is -2.48. The van der Waals surface area contributed by atoms with Crippen LogP contribution in [-0.2, 0) is 25.8 Å². The number of rotatable bonds is 7. The van der Waals surface area contributed by atoms with E-state index in [-0.39, 0.29) is 17.7 Å². The molecule has 1 amide bonds. The lowest BCUT2D eigenvalue weighted by atomic mass is 10.1. The van der Waals surface area contributed by atoms with Gasteiger partial charge in [-0.15, -0.1) is 4.99 Å². The number of aromatic nitrogens is 2. The number of carbonyl (C=O) groups excluding carboxylic acids is 1. The molecule has 1 aromatic carbocycles. The van der Waals surface area contributed by atoms with Crippen molar-refractivity contribution in [3.8, 4) is 11.1 Å². The summed E-state index contributed by atoms with van der Waals surface area (Å²) >= 11 is 0. The minimum absolute atomic E-state index is 0.170. The normalized spacial score (nSPS) is 12.1. The van der Waals surface area contributed by atoms with Gasteiger partial charge >= 0.3 is 18.0 Å². The minimum Gasteiger partial charge on any atom is -0.478 e. The molecule has 1 aliphatic heterocycles. The Kier molecular flexibility index (Phi) is 9.79. The predicted molar refractivity (Wildman–Crippen MR) is 124 cm³/mol. The molecule has 0 bridgehead atoms. The Bertz CT molecular complexity index is 1170. The third kappa shape index (κ3) is 8.36. The van der Waals surface area contributed by atoms with Crippen LogP contribution in [-0.4, -0.2) is 70.1 Å². The molecule has 6 N–H and O–H groups in total. The molecule has 1 aromatic heterocycles. The van der Waals surface area contributed by atoms with E-state index in [9.17, 15) is 18.8 Å². The van der Waals surface area contributed by atoms with E-state index in [4.69, 9.17) is 31.3 Å². The van der Waals surface area contributed by atoms with Crippen LogP contribution >= 0.6 is 0 Å². The summed E-state index contributed by atoms with van der Waals surface area (Å²) in [6.07, 6.45) is 3.18. The van der Waals surface area contributed by atoms with Crippen molar-refractivity contribution in [2.24, 2.45) is 21.6 Å². The van der Waals surface area contributed by atoms with Gasteiger partial charge in [-0.1, -0.05) is 23.4 Å². The van der Waals surface area contributed by atoms with E-state index in [0.29, 0.717) is 36.8 Å². The van der Waals surface area contributed by atoms with Crippen molar-refractivity contribution in [2.45, 2.75) is 6.61 Å². The Balaban J connectivity index is 0.000000493. The molecule has 1 saturated heterocycles. The van der Waals surface area contributed by atoms with Crippen LogP contribution in [0.2, 0.25) is 0 Å². The van der Waals surface area contributed by atoms with E-state index in [0.717, 1.165) is 5.71 Å². The molecule has 0 radical (unpaired) electrons. The van der Waals surface area contributed by atoms with E-state index < -0.39 is 29.8 Å². The van der Waals surface area contributed by atoms with Crippen LogP contribution in [0.5, 0.6) is 0 Å².